The van der Waals surface area contributed by atoms with E-state index in [0.29, 0.717) is 12.8 Å². The highest BCUT2D eigenvalue weighted by Gasteiger charge is 2.26. The van der Waals surface area contributed by atoms with Gasteiger partial charge in [0, 0.05) is 28.8 Å². The van der Waals surface area contributed by atoms with Gasteiger partial charge in [0.15, 0.2) is 0 Å². The van der Waals surface area contributed by atoms with Crippen molar-refractivity contribution in [3.05, 3.63) is 125 Å². The lowest BCUT2D eigenvalue weighted by atomic mass is 9.99. The predicted octanol–water partition coefficient (Wildman–Crippen LogP) is 7.03. The lowest BCUT2D eigenvalue weighted by Crippen LogP contribution is -2.46. The number of benzene rings is 4. The van der Waals surface area contributed by atoms with Crippen LogP contribution in [0.25, 0.3) is 0 Å². The van der Waals surface area contributed by atoms with Gasteiger partial charge in [-0.05, 0) is 66.3 Å². The van der Waals surface area contributed by atoms with Crippen LogP contribution in [0.3, 0.4) is 0 Å². The molecule has 0 spiro atoms. The Hall–Kier alpha value is -3.82. The van der Waals surface area contributed by atoms with Crippen molar-refractivity contribution in [2.75, 3.05) is 37.4 Å². The largest absolute Gasteiger partial charge is 0.453 e. The Labute approximate surface area is 274 Å². The number of anilines is 2. The molecule has 4 aromatic carbocycles. The summed E-state index contributed by atoms with van der Waals surface area (Å²) < 4.78 is 11.2. The summed E-state index contributed by atoms with van der Waals surface area (Å²) in [5.74, 6) is 0.565. The average Bonchev–Trinajstić information content (AvgIpc) is 3.07. The molecule has 1 aliphatic rings. The molecule has 2 N–H and O–H groups in total. The Balaban J connectivity index is 1.34. The Bertz CT molecular complexity index is 1570. The van der Waals surface area contributed by atoms with Crippen LogP contribution >= 0.6 is 23.4 Å². The smallest absolute Gasteiger partial charge is 0.407 e. The van der Waals surface area contributed by atoms with E-state index in [-0.39, 0.29) is 24.7 Å². The molecule has 0 unspecified atom stereocenters. The molecule has 7 nitrogen and oxygen atoms in total. The normalized spacial score (nSPS) is 16.1. The van der Waals surface area contributed by atoms with E-state index in [2.05, 4.69) is 34.9 Å². The van der Waals surface area contributed by atoms with Crippen molar-refractivity contribution in [3.8, 4) is 0 Å². The molecule has 5 rings (SSSR count). The Morgan fingerprint density at radius 3 is 2.36 bits per heavy atom. The number of nitrogens with one attached hydrogen (secondary N) is 2. The van der Waals surface area contributed by atoms with E-state index < -0.39 is 6.09 Å². The standard InChI is InChI=1S/C36H38ClN3O4S/c1-43-36(42)39-24-35(41)40(34-17-8-6-13-28(34)20-26-10-3-2-4-11-26)33-16-7-5-12-27(33)18-19-30-22-38-23-31(44-30)25-45-32-15-9-14-29(37)21-32/h2-17,21,30-31,38H,18-20,22-25H2,1H3,(H,39,42)/t30-,31+/m1/s1. The first kappa shape index (κ1) is 32.6. The summed E-state index contributed by atoms with van der Waals surface area (Å²) in [4.78, 5) is 28.6. The summed E-state index contributed by atoms with van der Waals surface area (Å²) in [5.41, 5.74) is 4.73. The van der Waals surface area contributed by atoms with Crippen molar-refractivity contribution in [3.63, 3.8) is 0 Å². The number of thioether (sulfide) groups is 1. The Kier molecular flexibility index (Phi) is 11.9. The third-order valence-electron chi connectivity index (χ3n) is 7.62. The van der Waals surface area contributed by atoms with Crippen LogP contribution < -0.4 is 15.5 Å². The molecule has 4 aromatic rings. The van der Waals surface area contributed by atoms with Crippen LogP contribution in [0.5, 0.6) is 0 Å². The van der Waals surface area contributed by atoms with Gasteiger partial charge in [0.2, 0.25) is 0 Å². The lowest BCUT2D eigenvalue weighted by molar-refractivity contribution is -0.117. The summed E-state index contributed by atoms with van der Waals surface area (Å²) >= 11 is 7.90. The van der Waals surface area contributed by atoms with Gasteiger partial charge in [0.05, 0.1) is 30.7 Å². The van der Waals surface area contributed by atoms with Crippen molar-refractivity contribution in [2.24, 2.45) is 0 Å². The minimum Gasteiger partial charge on any atom is -0.453 e. The fourth-order valence-electron chi connectivity index (χ4n) is 5.44. The van der Waals surface area contributed by atoms with Crippen LogP contribution in [-0.4, -0.2) is 56.7 Å². The number of carbonyl (C=O) groups excluding carboxylic acids is 2. The number of hydrogen-bond acceptors (Lipinski definition) is 6. The van der Waals surface area contributed by atoms with Gasteiger partial charge in [-0.3, -0.25) is 9.69 Å². The number of morpholine rings is 1. The zero-order valence-corrected chi connectivity index (χ0v) is 26.9. The molecule has 0 bridgehead atoms. The summed E-state index contributed by atoms with van der Waals surface area (Å²) in [6.07, 6.45) is 1.62. The third-order valence-corrected chi connectivity index (χ3v) is 8.98. The third kappa shape index (κ3) is 9.34. The molecule has 1 fully saturated rings. The van der Waals surface area contributed by atoms with E-state index in [9.17, 15) is 9.59 Å². The lowest BCUT2D eigenvalue weighted by Gasteiger charge is -2.32. The van der Waals surface area contributed by atoms with Crippen molar-refractivity contribution in [1.82, 2.24) is 10.6 Å². The molecular formula is C36H38ClN3O4S. The molecular weight excluding hydrogens is 606 g/mol. The van der Waals surface area contributed by atoms with Crippen LogP contribution in [0, 0.1) is 0 Å². The van der Waals surface area contributed by atoms with E-state index in [1.54, 1.807) is 16.7 Å². The van der Waals surface area contributed by atoms with Gasteiger partial charge in [-0.15, -0.1) is 11.8 Å². The van der Waals surface area contributed by atoms with Crippen LogP contribution in [0.15, 0.2) is 108 Å². The zero-order valence-electron chi connectivity index (χ0n) is 25.3. The van der Waals surface area contributed by atoms with Gasteiger partial charge in [0.1, 0.15) is 6.54 Å². The SMILES string of the molecule is COC(=O)NCC(=O)N(c1ccccc1CC[C@@H]1CNC[C@@H](CSc2cccc(Cl)c2)O1)c1ccccc1Cc1ccccc1. The maximum absolute atomic E-state index is 13.9. The van der Waals surface area contributed by atoms with E-state index in [1.165, 1.54) is 7.11 Å². The minimum absolute atomic E-state index is 0.0345. The highest BCUT2D eigenvalue weighted by Crippen LogP contribution is 2.34. The number of hydrogen-bond donors (Lipinski definition) is 2. The van der Waals surface area contributed by atoms with Crippen LogP contribution in [-0.2, 0) is 27.1 Å². The highest BCUT2D eigenvalue weighted by molar-refractivity contribution is 7.99. The molecule has 0 saturated carbocycles. The van der Waals surface area contributed by atoms with E-state index in [0.717, 1.165) is 63.2 Å². The zero-order chi connectivity index (χ0) is 31.4. The predicted molar refractivity (Wildman–Crippen MR) is 182 cm³/mol. The molecule has 1 aliphatic heterocycles. The highest BCUT2D eigenvalue weighted by atomic mass is 35.5. The molecule has 1 saturated heterocycles. The minimum atomic E-state index is -0.654. The number of methoxy groups -OCH3 is 1. The monoisotopic (exact) mass is 643 g/mol. The van der Waals surface area contributed by atoms with Crippen molar-refractivity contribution < 1.29 is 19.1 Å². The molecule has 45 heavy (non-hydrogen) atoms. The summed E-state index contributed by atoms with van der Waals surface area (Å²) in [6, 6.07) is 33.9. The summed E-state index contributed by atoms with van der Waals surface area (Å²) in [6.45, 7) is 1.36. The molecule has 2 atom stereocenters. The number of halogens is 1. The molecule has 0 aromatic heterocycles. The number of nitrogens with zero attached hydrogens (tertiary/aromatic N) is 1. The molecule has 1 heterocycles. The molecule has 234 valence electrons. The summed E-state index contributed by atoms with van der Waals surface area (Å²) in [7, 11) is 1.28. The summed E-state index contributed by atoms with van der Waals surface area (Å²) in [5, 5.41) is 6.83. The van der Waals surface area contributed by atoms with Crippen molar-refractivity contribution >= 4 is 46.7 Å². The maximum atomic E-state index is 13.9. The first-order valence-electron chi connectivity index (χ1n) is 15.1. The van der Waals surface area contributed by atoms with Crippen LogP contribution in [0.2, 0.25) is 5.02 Å². The van der Waals surface area contributed by atoms with Gasteiger partial charge in [-0.25, -0.2) is 4.79 Å². The first-order chi connectivity index (χ1) is 22.0. The Morgan fingerprint density at radius 1 is 0.911 bits per heavy atom. The van der Waals surface area contributed by atoms with Gasteiger partial charge in [0.25, 0.3) is 5.91 Å². The fraction of sp³-hybridized carbons (Fsp3) is 0.278. The van der Waals surface area contributed by atoms with Crippen molar-refractivity contribution in [2.45, 2.75) is 36.4 Å². The van der Waals surface area contributed by atoms with Gasteiger partial charge >= 0.3 is 6.09 Å². The average molecular weight is 644 g/mol. The van der Waals surface area contributed by atoms with Crippen LogP contribution in [0.4, 0.5) is 16.2 Å². The number of aryl methyl sites for hydroxylation is 1. The number of carbonyl (C=O) groups is 2. The number of para-hydroxylation sites is 2. The first-order valence-corrected chi connectivity index (χ1v) is 16.5. The molecule has 9 heteroatoms. The van der Waals surface area contributed by atoms with Gasteiger partial charge in [-0.2, -0.15) is 0 Å². The van der Waals surface area contributed by atoms with Gasteiger partial charge < -0.3 is 20.1 Å². The van der Waals surface area contributed by atoms with E-state index in [4.69, 9.17) is 21.1 Å². The molecule has 0 aliphatic carbocycles. The number of alkyl carbamates (subject to hydrolysis) is 1. The second-order valence-electron chi connectivity index (χ2n) is 10.8. The number of rotatable bonds is 12. The second-order valence-corrected chi connectivity index (χ2v) is 12.4. The van der Waals surface area contributed by atoms with Crippen molar-refractivity contribution in [1.29, 1.82) is 0 Å². The second kappa shape index (κ2) is 16.5. The van der Waals surface area contributed by atoms with E-state index in [1.807, 2.05) is 78.9 Å². The quantitative estimate of drug-likeness (QED) is 0.161. The topological polar surface area (TPSA) is 79.9 Å². The Morgan fingerprint density at radius 2 is 1.60 bits per heavy atom. The molecule has 2 amide bonds. The van der Waals surface area contributed by atoms with Crippen LogP contribution in [0.1, 0.15) is 23.1 Å². The molecule has 0 radical (unpaired) electrons. The van der Waals surface area contributed by atoms with Gasteiger partial charge in [-0.1, -0.05) is 84.4 Å². The fourth-order valence-corrected chi connectivity index (χ4v) is 6.65. The van der Waals surface area contributed by atoms with E-state index >= 15 is 0 Å². The maximum Gasteiger partial charge on any atom is 0.407 e. The number of ether oxygens (including phenoxy) is 2. The number of amides is 2.